The summed E-state index contributed by atoms with van der Waals surface area (Å²) in [5, 5.41) is 0. The van der Waals surface area contributed by atoms with E-state index in [0.717, 1.165) is 51.4 Å². The average molecular weight is 601 g/mol. The molecule has 0 fully saturated rings. The zero-order valence-electron chi connectivity index (χ0n) is 27.4. The molecule has 0 aliphatic carbocycles. The minimum atomic E-state index is -4.77. The normalized spacial score (nSPS) is 11.8. The molecule has 0 aromatic carbocycles. The smallest absolute Gasteiger partial charge is 0.423 e. The van der Waals surface area contributed by atoms with Crippen molar-refractivity contribution in [2.45, 2.75) is 158 Å². The van der Waals surface area contributed by atoms with E-state index in [1.54, 1.807) is 0 Å². The van der Waals surface area contributed by atoms with Crippen molar-refractivity contribution in [1.82, 2.24) is 0 Å². The maximum absolute atomic E-state index is 12.9. The van der Waals surface area contributed by atoms with Gasteiger partial charge in [0.1, 0.15) is 0 Å². The zero-order chi connectivity index (χ0) is 31.3. The molecule has 9 heteroatoms. The lowest BCUT2D eigenvalue weighted by Crippen LogP contribution is -2.54. The van der Waals surface area contributed by atoms with Gasteiger partial charge in [-0.05, 0) is 49.4 Å². The van der Waals surface area contributed by atoms with Gasteiger partial charge in [-0.2, -0.15) is 0 Å². The first-order valence-electron chi connectivity index (χ1n) is 16.1. The first kappa shape index (κ1) is 39.1. The first-order valence-corrected chi connectivity index (χ1v) is 17.7. The second-order valence-corrected chi connectivity index (χ2v) is 14.8. The van der Waals surface area contributed by atoms with Crippen LogP contribution in [0.3, 0.4) is 0 Å². The number of carbonyl (C=O) groups excluding carboxylic acids is 4. The molecule has 0 amide bonds. The van der Waals surface area contributed by atoms with Crippen molar-refractivity contribution in [3.63, 3.8) is 0 Å². The monoisotopic (exact) mass is 600 g/mol. The molecule has 0 saturated heterocycles. The Bertz CT molecular complexity index is 622. The molecule has 0 unspecified atom stereocenters. The second kappa shape index (κ2) is 22.7. The van der Waals surface area contributed by atoms with E-state index >= 15 is 0 Å². The van der Waals surface area contributed by atoms with Crippen LogP contribution in [-0.2, 0) is 36.9 Å². The van der Waals surface area contributed by atoms with Crippen LogP contribution < -0.4 is 0 Å². The van der Waals surface area contributed by atoms with Crippen LogP contribution in [0.2, 0.25) is 0 Å². The summed E-state index contributed by atoms with van der Waals surface area (Å²) in [6, 6.07) is 0. The van der Waals surface area contributed by atoms with Crippen molar-refractivity contribution < 1.29 is 36.9 Å². The Morgan fingerprint density at radius 1 is 0.390 bits per heavy atom. The van der Waals surface area contributed by atoms with Gasteiger partial charge in [0.05, 0.1) is 0 Å². The van der Waals surface area contributed by atoms with Gasteiger partial charge < -0.3 is 17.7 Å². The molecular formula is C32H60O8Si. The molecule has 8 nitrogen and oxygen atoms in total. The predicted octanol–water partition coefficient (Wildman–Crippen LogP) is 8.46. The van der Waals surface area contributed by atoms with Crippen molar-refractivity contribution in [3.05, 3.63) is 0 Å². The van der Waals surface area contributed by atoms with Gasteiger partial charge in [-0.15, -0.1) is 0 Å². The summed E-state index contributed by atoms with van der Waals surface area (Å²) < 4.78 is 22.2. The van der Waals surface area contributed by atoms with Crippen molar-refractivity contribution in [2.75, 3.05) is 0 Å². The van der Waals surface area contributed by atoms with Crippen LogP contribution in [0.15, 0.2) is 0 Å². The van der Waals surface area contributed by atoms with Gasteiger partial charge in [-0.3, -0.25) is 19.2 Å². The summed E-state index contributed by atoms with van der Waals surface area (Å²) in [4.78, 5) is 51.6. The van der Waals surface area contributed by atoms with Crippen LogP contribution in [-0.4, -0.2) is 32.9 Å². The third-order valence-corrected chi connectivity index (χ3v) is 8.52. The summed E-state index contributed by atoms with van der Waals surface area (Å²) in [5.74, 6) is -0.786. The molecule has 0 N–H and O–H groups in total. The van der Waals surface area contributed by atoms with Gasteiger partial charge in [0.15, 0.2) is 0 Å². The molecular weight excluding hydrogens is 540 g/mol. The van der Waals surface area contributed by atoms with Gasteiger partial charge in [0.25, 0.3) is 23.9 Å². The maximum Gasteiger partial charge on any atom is 0.974 e. The molecule has 0 spiro atoms. The van der Waals surface area contributed by atoms with E-state index in [2.05, 4.69) is 55.4 Å². The molecule has 0 radical (unpaired) electrons. The van der Waals surface area contributed by atoms with Gasteiger partial charge in [0, 0.05) is 25.7 Å². The highest BCUT2D eigenvalue weighted by atomic mass is 28.4. The topological polar surface area (TPSA) is 105 Å². The lowest BCUT2D eigenvalue weighted by molar-refractivity contribution is -0.163. The number of hydrogen-bond donors (Lipinski definition) is 0. The third-order valence-electron chi connectivity index (χ3n) is 6.60. The molecule has 240 valence electrons. The van der Waals surface area contributed by atoms with E-state index in [1.165, 1.54) is 0 Å². The molecule has 0 bridgehead atoms. The molecule has 0 aliphatic rings. The highest BCUT2D eigenvalue weighted by molar-refractivity contribution is 6.60. The largest absolute Gasteiger partial charge is 0.974 e. The summed E-state index contributed by atoms with van der Waals surface area (Å²) >= 11 is 0. The van der Waals surface area contributed by atoms with E-state index in [9.17, 15) is 19.2 Å². The Balaban J connectivity index is 5.70. The number of carbonyl (C=O) groups is 4. The summed E-state index contributed by atoms with van der Waals surface area (Å²) in [6.45, 7) is 16.9. The predicted molar refractivity (Wildman–Crippen MR) is 163 cm³/mol. The fourth-order valence-corrected chi connectivity index (χ4v) is 5.95. The highest BCUT2D eigenvalue weighted by Crippen LogP contribution is 2.21. The lowest BCUT2D eigenvalue weighted by Gasteiger charge is -2.25. The molecule has 41 heavy (non-hydrogen) atoms. The molecule has 0 aromatic heterocycles. The van der Waals surface area contributed by atoms with Gasteiger partial charge >= 0.3 is 9.05 Å². The van der Waals surface area contributed by atoms with E-state index in [-0.39, 0.29) is 25.7 Å². The minimum Gasteiger partial charge on any atom is -0.423 e. The maximum atomic E-state index is 12.9. The van der Waals surface area contributed by atoms with Crippen molar-refractivity contribution >= 4 is 32.9 Å². The van der Waals surface area contributed by atoms with Gasteiger partial charge in [-0.25, -0.2) is 0 Å². The number of unbranched alkanes of at least 4 members (excludes halogenated alkanes) is 4. The SMILES string of the molecule is CC(C)CCCCC(=O)O[Si](OC(=O)CCCCC(C)C)(OC(=O)CCCCC(C)C)OC(=O)CCCCC(C)C. The molecule has 0 rings (SSSR count). The van der Waals surface area contributed by atoms with Crippen molar-refractivity contribution in [2.24, 2.45) is 23.7 Å². The van der Waals surface area contributed by atoms with Gasteiger partial charge in [0.2, 0.25) is 0 Å². The summed E-state index contributed by atoms with van der Waals surface area (Å²) in [5.41, 5.74) is 0. The van der Waals surface area contributed by atoms with E-state index in [0.29, 0.717) is 49.4 Å². The lowest BCUT2D eigenvalue weighted by atomic mass is 10.1. The average Bonchev–Trinajstić information content (AvgIpc) is 2.84. The van der Waals surface area contributed by atoms with Crippen molar-refractivity contribution in [1.29, 1.82) is 0 Å². The fourth-order valence-electron chi connectivity index (χ4n) is 4.17. The Hall–Kier alpha value is -1.90. The molecule has 0 aliphatic heterocycles. The quantitative estimate of drug-likeness (QED) is 0.0802. The first-order chi connectivity index (χ1) is 19.2. The standard InChI is InChI=1S/C32H60O8Si/c1-25(2)17-9-13-21-29(33)37-41(38-30(34)22-14-10-18-26(3)4,39-31(35)23-15-11-19-27(5)6)40-32(36)24-16-12-20-28(7)8/h25-28H,9-24H2,1-8H3. The van der Waals surface area contributed by atoms with E-state index in [1.807, 2.05) is 0 Å². The van der Waals surface area contributed by atoms with Crippen LogP contribution in [0.25, 0.3) is 0 Å². The van der Waals surface area contributed by atoms with E-state index < -0.39 is 32.9 Å². The minimum absolute atomic E-state index is 0.0469. The Labute approximate surface area is 251 Å². The van der Waals surface area contributed by atoms with Crippen LogP contribution in [0, 0.1) is 23.7 Å². The van der Waals surface area contributed by atoms with Crippen molar-refractivity contribution in [3.8, 4) is 0 Å². The Kier molecular flexibility index (Phi) is 21.6. The fraction of sp³-hybridized carbons (Fsp3) is 0.875. The molecule has 0 atom stereocenters. The number of rotatable bonds is 24. The summed E-state index contributed by atoms with van der Waals surface area (Å²) in [6.07, 6.45) is 9.57. The summed E-state index contributed by atoms with van der Waals surface area (Å²) in [7, 11) is -4.77. The zero-order valence-corrected chi connectivity index (χ0v) is 28.4. The third kappa shape index (κ3) is 23.4. The Morgan fingerprint density at radius 3 is 0.756 bits per heavy atom. The molecule has 0 aromatic rings. The van der Waals surface area contributed by atoms with Crippen LogP contribution in [0.1, 0.15) is 158 Å². The van der Waals surface area contributed by atoms with Crippen LogP contribution in [0.4, 0.5) is 0 Å². The molecule has 0 heterocycles. The van der Waals surface area contributed by atoms with Crippen LogP contribution >= 0.6 is 0 Å². The molecule has 0 saturated carbocycles. The highest BCUT2D eigenvalue weighted by Gasteiger charge is 2.62. The van der Waals surface area contributed by atoms with Crippen LogP contribution in [0.5, 0.6) is 0 Å². The second-order valence-electron chi connectivity index (χ2n) is 13.0. The van der Waals surface area contributed by atoms with E-state index in [4.69, 9.17) is 17.7 Å². The number of hydrogen-bond acceptors (Lipinski definition) is 8. The van der Waals surface area contributed by atoms with Gasteiger partial charge in [-0.1, -0.05) is 107 Å². The Morgan fingerprint density at radius 2 is 0.585 bits per heavy atom.